The van der Waals surface area contributed by atoms with Crippen LogP contribution in [0.5, 0.6) is 0 Å². The van der Waals surface area contributed by atoms with Gasteiger partial charge in [-0.3, -0.25) is 9.69 Å². The number of aliphatic hydroxyl groups excluding tert-OH is 1. The second-order valence-corrected chi connectivity index (χ2v) is 6.77. The monoisotopic (exact) mass is 346 g/mol. The average molecular weight is 346 g/mol. The fraction of sp³-hybridized carbons (Fsp3) is 0.529. The smallest absolute Gasteiger partial charge is 0.323 e. The quantitative estimate of drug-likeness (QED) is 0.643. The molecular formula is C17H22N4O4. The molecule has 0 radical (unpaired) electrons. The Bertz CT molecular complexity index is 823. The molecule has 0 bridgehead atoms. The van der Waals surface area contributed by atoms with Crippen LogP contribution in [0.4, 0.5) is 5.69 Å². The molecule has 2 aliphatic rings. The minimum Gasteiger partial charge on any atom is -0.392 e. The fourth-order valence-electron chi connectivity index (χ4n) is 3.85. The Morgan fingerprint density at radius 1 is 1.24 bits per heavy atom. The number of ether oxygens (including phenoxy) is 1. The van der Waals surface area contributed by atoms with Gasteiger partial charge in [-0.05, 0) is 37.5 Å². The number of H-pyrrole nitrogens is 2. The molecule has 2 aliphatic heterocycles. The van der Waals surface area contributed by atoms with Crippen LogP contribution in [0.15, 0.2) is 23.0 Å². The molecule has 0 spiro atoms. The Morgan fingerprint density at radius 2 is 2.00 bits per heavy atom. The Hall–Kier alpha value is -2.16. The van der Waals surface area contributed by atoms with Gasteiger partial charge in [0, 0.05) is 31.5 Å². The van der Waals surface area contributed by atoms with Crippen molar-refractivity contribution in [3.05, 3.63) is 28.7 Å². The Balaban J connectivity index is 1.50. The number of likely N-dealkylation sites (tertiary alicyclic amines) is 1. The summed E-state index contributed by atoms with van der Waals surface area (Å²) in [6, 6.07) is 5.16. The van der Waals surface area contributed by atoms with Crippen LogP contribution in [0, 0.1) is 0 Å². The number of carbonyl (C=O) groups is 1. The van der Waals surface area contributed by atoms with Crippen LogP contribution >= 0.6 is 0 Å². The fourth-order valence-corrected chi connectivity index (χ4v) is 3.85. The molecule has 2 saturated heterocycles. The summed E-state index contributed by atoms with van der Waals surface area (Å²) in [6.45, 7) is 1.92. The van der Waals surface area contributed by atoms with E-state index in [-0.39, 0.29) is 23.7 Å². The van der Waals surface area contributed by atoms with E-state index in [4.69, 9.17) is 4.74 Å². The first-order valence-corrected chi connectivity index (χ1v) is 8.64. The summed E-state index contributed by atoms with van der Waals surface area (Å²) < 4.78 is 5.40. The van der Waals surface area contributed by atoms with Crippen molar-refractivity contribution in [2.24, 2.45) is 0 Å². The summed E-state index contributed by atoms with van der Waals surface area (Å²) in [5.74, 6) is -0.125. The number of aliphatic hydroxyl groups is 1. The number of fused-ring (bicyclic) bond motifs is 1. The number of hydrogen-bond acceptors (Lipinski definition) is 5. The molecule has 8 heteroatoms. The largest absolute Gasteiger partial charge is 0.392 e. The van der Waals surface area contributed by atoms with Crippen molar-refractivity contribution in [1.82, 2.24) is 14.9 Å². The van der Waals surface area contributed by atoms with Crippen LogP contribution in [0.3, 0.4) is 0 Å². The molecule has 1 amide bonds. The number of benzene rings is 1. The number of amides is 1. The van der Waals surface area contributed by atoms with Crippen LogP contribution in [-0.4, -0.2) is 63.8 Å². The molecule has 0 unspecified atom stereocenters. The van der Waals surface area contributed by atoms with Gasteiger partial charge in [-0.1, -0.05) is 0 Å². The van der Waals surface area contributed by atoms with Crippen LogP contribution in [0.25, 0.3) is 11.0 Å². The topological polar surface area (TPSA) is 110 Å². The van der Waals surface area contributed by atoms with E-state index < -0.39 is 6.10 Å². The third kappa shape index (κ3) is 3.33. The highest BCUT2D eigenvalue weighted by Gasteiger charge is 2.40. The number of anilines is 1. The molecule has 134 valence electrons. The van der Waals surface area contributed by atoms with Gasteiger partial charge >= 0.3 is 5.69 Å². The first-order chi connectivity index (χ1) is 12.1. The standard InChI is InChI=1S/C17H22N4O4/c22-12-8-15(21(9-12)11-3-5-25-6-4-11)16(23)18-10-1-2-13-14(7-10)20-17(24)19-13/h1-2,7,11-12,15,22H,3-6,8-9H2,(H,18,23)(H2,19,20,24)/t12-,15+/m1/s1. The lowest BCUT2D eigenvalue weighted by Crippen LogP contribution is -2.47. The number of nitrogens with zero attached hydrogens (tertiary/aromatic N) is 1. The number of rotatable bonds is 3. The van der Waals surface area contributed by atoms with E-state index in [1.807, 2.05) is 0 Å². The number of β-amino-alcohol motifs (C(OH)–C–C–N with tert-alkyl or cyclic N) is 1. The highest BCUT2D eigenvalue weighted by atomic mass is 16.5. The molecule has 0 saturated carbocycles. The maximum atomic E-state index is 12.8. The molecule has 2 aromatic rings. The predicted octanol–water partition coefficient (Wildman–Crippen LogP) is 0.409. The summed E-state index contributed by atoms with van der Waals surface area (Å²) in [4.78, 5) is 31.6. The van der Waals surface area contributed by atoms with Gasteiger partial charge in [-0.15, -0.1) is 0 Å². The Morgan fingerprint density at radius 3 is 2.80 bits per heavy atom. The zero-order valence-electron chi connectivity index (χ0n) is 13.8. The molecule has 2 atom stereocenters. The van der Waals surface area contributed by atoms with Crippen LogP contribution in [0.2, 0.25) is 0 Å². The number of nitrogens with one attached hydrogen (secondary N) is 3. The maximum absolute atomic E-state index is 12.8. The van der Waals surface area contributed by atoms with Gasteiger partial charge < -0.3 is 25.1 Å². The number of aromatic nitrogens is 2. The Kier molecular flexibility index (Phi) is 4.32. The van der Waals surface area contributed by atoms with Gasteiger partial charge in [0.15, 0.2) is 0 Å². The second-order valence-electron chi connectivity index (χ2n) is 6.77. The summed E-state index contributed by atoms with van der Waals surface area (Å²) in [6.07, 6.45) is 1.72. The summed E-state index contributed by atoms with van der Waals surface area (Å²) in [5.41, 5.74) is 1.70. The van der Waals surface area contributed by atoms with Crippen molar-refractivity contribution < 1.29 is 14.6 Å². The summed E-state index contributed by atoms with van der Waals surface area (Å²) in [5, 5.41) is 13.0. The first-order valence-electron chi connectivity index (χ1n) is 8.64. The van der Waals surface area contributed by atoms with E-state index in [1.165, 1.54) is 0 Å². The number of aromatic amines is 2. The van der Waals surface area contributed by atoms with E-state index in [2.05, 4.69) is 20.2 Å². The van der Waals surface area contributed by atoms with Gasteiger partial charge in [0.25, 0.3) is 0 Å². The zero-order valence-corrected chi connectivity index (χ0v) is 13.8. The zero-order chi connectivity index (χ0) is 17.4. The molecule has 8 nitrogen and oxygen atoms in total. The molecule has 1 aromatic heterocycles. The van der Waals surface area contributed by atoms with Crippen molar-refractivity contribution in [3.63, 3.8) is 0 Å². The predicted molar refractivity (Wildman–Crippen MR) is 92.5 cm³/mol. The molecule has 2 fully saturated rings. The normalized spacial score (nSPS) is 25.5. The minimum atomic E-state index is -0.484. The van der Waals surface area contributed by atoms with Gasteiger partial charge in [-0.2, -0.15) is 0 Å². The summed E-state index contributed by atoms with van der Waals surface area (Å²) >= 11 is 0. The SMILES string of the molecule is O=C(Nc1ccc2[nH]c(=O)[nH]c2c1)[C@@H]1C[C@@H](O)CN1C1CCOCC1. The molecule has 1 aromatic carbocycles. The van der Waals surface area contributed by atoms with Crippen LogP contribution in [0.1, 0.15) is 19.3 Å². The maximum Gasteiger partial charge on any atom is 0.323 e. The van der Waals surface area contributed by atoms with E-state index >= 15 is 0 Å². The molecule has 0 aliphatic carbocycles. The van der Waals surface area contributed by atoms with E-state index in [0.29, 0.717) is 42.9 Å². The molecule has 4 rings (SSSR count). The lowest BCUT2D eigenvalue weighted by atomic mass is 10.1. The molecular weight excluding hydrogens is 324 g/mol. The second kappa shape index (κ2) is 6.62. The lowest BCUT2D eigenvalue weighted by molar-refractivity contribution is -0.121. The molecule has 25 heavy (non-hydrogen) atoms. The minimum absolute atomic E-state index is 0.125. The van der Waals surface area contributed by atoms with Crippen molar-refractivity contribution in [3.8, 4) is 0 Å². The van der Waals surface area contributed by atoms with Gasteiger partial charge in [0.1, 0.15) is 0 Å². The molecule has 3 heterocycles. The highest BCUT2D eigenvalue weighted by molar-refractivity contribution is 5.96. The first kappa shape index (κ1) is 16.3. The van der Waals surface area contributed by atoms with Crippen molar-refractivity contribution in [2.45, 2.75) is 37.5 Å². The number of hydrogen-bond donors (Lipinski definition) is 4. The van der Waals surface area contributed by atoms with E-state index in [1.54, 1.807) is 18.2 Å². The van der Waals surface area contributed by atoms with Crippen molar-refractivity contribution >= 4 is 22.6 Å². The number of imidazole rings is 1. The van der Waals surface area contributed by atoms with Gasteiger partial charge in [-0.25, -0.2) is 4.79 Å². The van der Waals surface area contributed by atoms with E-state index in [9.17, 15) is 14.7 Å². The van der Waals surface area contributed by atoms with Gasteiger partial charge in [0.2, 0.25) is 5.91 Å². The lowest BCUT2D eigenvalue weighted by Gasteiger charge is -2.34. The third-order valence-corrected chi connectivity index (χ3v) is 5.06. The van der Waals surface area contributed by atoms with Crippen LogP contribution in [-0.2, 0) is 9.53 Å². The van der Waals surface area contributed by atoms with Gasteiger partial charge in [0.05, 0.1) is 23.2 Å². The summed E-state index contributed by atoms with van der Waals surface area (Å²) in [7, 11) is 0. The van der Waals surface area contributed by atoms with E-state index in [0.717, 1.165) is 12.8 Å². The van der Waals surface area contributed by atoms with Crippen LogP contribution < -0.4 is 11.0 Å². The third-order valence-electron chi connectivity index (χ3n) is 5.06. The highest BCUT2D eigenvalue weighted by Crippen LogP contribution is 2.27. The van der Waals surface area contributed by atoms with Crippen molar-refractivity contribution in [2.75, 3.05) is 25.1 Å². The van der Waals surface area contributed by atoms with Crippen molar-refractivity contribution in [1.29, 1.82) is 0 Å². The number of carbonyl (C=O) groups excluding carboxylic acids is 1. The Labute approximate surface area is 144 Å². The average Bonchev–Trinajstić information content (AvgIpc) is 3.17. The molecule has 4 N–H and O–H groups in total.